The standard InChI is InChI=1S/C24H29N3O3S/c1-15(2)17-7-9-18(10-8-17)22-21(23(29)30-4)16(3)25-24-27(22)19(14-31-24)13-20(28)26-11-5-6-12-26/h7-10,14-15,22H,5-6,11-13H2,1-4H3. The molecule has 4 rings (SSSR count). The number of hydrogen-bond donors (Lipinski definition) is 0. The van der Waals surface area contributed by atoms with E-state index in [2.05, 4.69) is 43.1 Å². The molecule has 0 radical (unpaired) electrons. The van der Waals surface area contributed by atoms with Gasteiger partial charge in [-0.3, -0.25) is 4.79 Å². The second kappa shape index (κ2) is 8.91. The molecule has 1 amide bonds. The molecule has 1 aromatic rings. The van der Waals surface area contributed by atoms with E-state index in [0.29, 0.717) is 23.6 Å². The molecule has 6 nitrogen and oxygen atoms in total. The first-order chi connectivity index (χ1) is 14.9. The minimum Gasteiger partial charge on any atom is -0.466 e. The Hall–Kier alpha value is -2.54. The summed E-state index contributed by atoms with van der Waals surface area (Å²) in [4.78, 5) is 34.3. The second-order valence-corrected chi connectivity index (χ2v) is 9.31. The monoisotopic (exact) mass is 439 g/mol. The zero-order valence-corrected chi connectivity index (χ0v) is 19.4. The van der Waals surface area contributed by atoms with Crippen LogP contribution in [0.5, 0.6) is 0 Å². The second-order valence-electron chi connectivity index (χ2n) is 8.47. The molecule has 1 saturated heterocycles. The number of thioether (sulfide) groups is 1. The smallest absolute Gasteiger partial charge is 0.338 e. The van der Waals surface area contributed by atoms with E-state index >= 15 is 0 Å². The SMILES string of the molecule is COC(=O)C1=C(C)N=C2SC=C(CC(=O)N3CCCC3)N2C1c1ccc(C(C)C)cc1. The maximum atomic E-state index is 12.9. The van der Waals surface area contributed by atoms with Gasteiger partial charge in [-0.1, -0.05) is 49.9 Å². The van der Waals surface area contributed by atoms with Gasteiger partial charge in [-0.15, -0.1) is 0 Å². The van der Waals surface area contributed by atoms with Crippen molar-refractivity contribution < 1.29 is 14.3 Å². The number of esters is 1. The number of carbonyl (C=O) groups excluding carboxylic acids is 2. The lowest BCUT2D eigenvalue weighted by Crippen LogP contribution is -2.38. The number of amides is 1. The summed E-state index contributed by atoms with van der Waals surface area (Å²) in [5, 5.41) is 2.79. The number of carbonyl (C=O) groups is 2. The van der Waals surface area contributed by atoms with Gasteiger partial charge in [-0.2, -0.15) is 0 Å². The summed E-state index contributed by atoms with van der Waals surface area (Å²) < 4.78 is 5.13. The minimum atomic E-state index is -0.389. The third-order valence-corrected chi connectivity index (χ3v) is 7.00. The number of nitrogens with zero attached hydrogens (tertiary/aromatic N) is 3. The lowest BCUT2D eigenvalue weighted by Gasteiger charge is -2.36. The average molecular weight is 440 g/mol. The topological polar surface area (TPSA) is 62.2 Å². The number of allylic oxidation sites excluding steroid dienone is 1. The molecule has 7 heteroatoms. The zero-order valence-electron chi connectivity index (χ0n) is 18.6. The Balaban J connectivity index is 1.71. The van der Waals surface area contributed by atoms with E-state index in [1.54, 1.807) is 0 Å². The summed E-state index contributed by atoms with van der Waals surface area (Å²) in [7, 11) is 1.40. The van der Waals surface area contributed by atoms with Crippen LogP contribution in [0.15, 0.2) is 51.6 Å². The highest BCUT2D eigenvalue weighted by Gasteiger charge is 2.41. The minimum absolute atomic E-state index is 0.130. The molecule has 1 unspecified atom stereocenters. The predicted octanol–water partition coefficient (Wildman–Crippen LogP) is 4.57. The quantitative estimate of drug-likeness (QED) is 0.629. The maximum Gasteiger partial charge on any atom is 0.338 e. The third-order valence-electron chi connectivity index (χ3n) is 6.12. The van der Waals surface area contributed by atoms with Crippen molar-refractivity contribution in [1.29, 1.82) is 0 Å². The molecule has 0 aromatic heterocycles. The average Bonchev–Trinajstić information content (AvgIpc) is 3.43. The van der Waals surface area contributed by atoms with Crippen LogP contribution in [0.4, 0.5) is 0 Å². The molecule has 1 fully saturated rings. The van der Waals surface area contributed by atoms with Crippen molar-refractivity contribution in [3.05, 3.63) is 57.8 Å². The van der Waals surface area contributed by atoms with Crippen molar-refractivity contribution in [3.63, 3.8) is 0 Å². The van der Waals surface area contributed by atoms with Crippen LogP contribution in [0.1, 0.15) is 63.1 Å². The van der Waals surface area contributed by atoms with Gasteiger partial charge in [0.05, 0.1) is 30.8 Å². The van der Waals surface area contributed by atoms with E-state index in [1.807, 2.05) is 22.1 Å². The molecule has 0 bridgehead atoms. The Morgan fingerprint density at radius 1 is 1.19 bits per heavy atom. The first-order valence-electron chi connectivity index (χ1n) is 10.8. The van der Waals surface area contributed by atoms with E-state index in [-0.39, 0.29) is 17.9 Å². The number of benzene rings is 1. The van der Waals surface area contributed by atoms with Crippen molar-refractivity contribution in [2.75, 3.05) is 20.2 Å². The molecule has 164 valence electrons. The summed E-state index contributed by atoms with van der Waals surface area (Å²) in [6.45, 7) is 7.82. The van der Waals surface area contributed by atoms with Gasteiger partial charge in [0, 0.05) is 18.8 Å². The van der Waals surface area contributed by atoms with Crippen LogP contribution in [-0.2, 0) is 14.3 Å². The highest BCUT2D eigenvalue weighted by molar-refractivity contribution is 8.16. The summed E-state index contributed by atoms with van der Waals surface area (Å²) in [5.41, 5.74) is 4.28. The molecule has 1 aromatic carbocycles. The van der Waals surface area contributed by atoms with Gasteiger partial charge in [0.2, 0.25) is 5.91 Å². The summed E-state index contributed by atoms with van der Waals surface area (Å²) in [5.74, 6) is 0.163. The summed E-state index contributed by atoms with van der Waals surface area (Å²) in [6.07, 6.45) is 2.44. The normalized spacial score (nSPS) is 20.7. The molecular weight excluding hydrogens is 410 g/mol. The van der Waals surface area contributed by atoms with Crippen LogP contribution in [0.3, 0.4) is 0 Å². The molecule has 3 heterocycles. The molecule has 0 saturated carbocycles. The molecule has 0 N–H and O–H groups in total. The van der Waals surface area contributed by atoms with Crippen LogP contribution in [0.2, 0.25) is 0 Å². The molecule has 3 aliphatic heterocycles. The van der Waals surface area contributed by atoms with Crippen LogP contribution in [0.25, 0.3) is 0 Å². The van der Waals surface area contributed by atoms with Gasteiger partial charge in [-0.05, 0) is 42.2 Å². The number of methoxy groups -OCH3 is 1. The van der Waals surface area contributed by atoms with Crippen LogP contribution in [0, 0.1) is 0 Å². The third kappa shape index (κ3) is 4.15. The number of rotatable bonds is 5. The first kappa shape index (κ1) is 21.7. The number of amidine groups is 1. The largest absolute Gasteiger partial charge is 0.466 e. The highest BCUT2D eigenvalue weighted by Crippen LogP contribution is 2.45. The van der Waals surface area contributed by atoms with E-state index in [0.717, 1.165) is 42.4 Å². The number of ether oxygens (including phenoxy) is 1. The molecule has 1 atom stereocenters. The fourth-order valence-electron chi connectivity index (χ4n) is 4.35. The van der Waals surface area contributed by atoms with Crippen molar-refractivity contribution in [3.8, 4) is 0 Å². The maximum absolute atomic E-state index is 12.9. The molecule has 0 aliphatic carbocycles. The zero-order chi connectivity index (χ0) is 22.1. The lowest BCUT2D eigenvalue weighted by molar-refractivity contribution is -0.136. The number of fused-ring (bicyclic) bond motifs is 1. The summed E-state index contributed by atoms with van der Waals surface area (Å²) in [6, 6.07) is 7.99. The Morgan fingerprint density at radius 2 is 1.87 bits per heavy atom. The van der Waals surface area contributed by atoms with E-state index < -0.39 is 0 Å². The number of likely N-dealkylation sites (tertiary alicyclic amines) is 1. The first-order valence-corrected chi connectivity index (χ1v) is 11.7. The van der Waals surface area contributed by atoms with Gasteiger partial charge in [-0.25, -0.2) is 9.79 Å². The Morgan fingerprint density at radius 3 is 2.48 bits per heavy atom. The molecular formula is C24H29N3O3S. The fraction of sp³-hybridized carbons (Fsp3) is 0.458. The van der Waals surface area contributed by atoms with E-state index in [1.165, 1.54) is 24.4 Å². The Kier molecular flexibility index (Phi) is 6.23. The van der Waals surface area contributed by atoms with E-state index in [4.69, 9.17) is 4.74 Å². The van der Waals surface area contributed by atoms with Gasteiger partial charge in [0.25, 0.3) is 0 Å². The van der Waals surface area contributed by atoms with Crippen LogP contribution >= 0.6 is 11.8 Å². The predicted molar refractivity (Wildman–Crippen MR) is 123 cm³/mol. The molecule has 0 spiro atoms. The van der Waals surface area contributed by atoms with Crippen LogP contribution in [-0.4, -0.2) is 47.0 Å². The van der Waals surface area contributed by atoms with Gasteiger partial charge < -0.3 is 14.5 Å². The Bertz CT molecular complexity index is 972. The molecule has 3 aliphatic rings. The van der Waals surface area contributed by atoms with Crippen LogP contribution < -0.4 is 0 Å². The number of hydrogen-bond acceptors (Lipinski definition) is 6. The Labute approximate surface area is 188 Å². The molecule has 31 heavy (non-hydrogen) atoms. The fourth-order valence-corrected chi connectivity index (χ4v) is 5.32. The lowest BCUT2D eigenvalue weighted by atomic mass is 9.92. The van der Waals surface area contributed by atoms with Gasteiger partial charge in [0.15, 0.2) is 5.17 Å². The van der Waals surface area contributed by atoms with E-state index in [9.17, 15) is 9.59 Å². The van der Waals surface area contributed by atoms with Crippen molar-refractivity contribution in [1.82, 2.24) is 9.80 Å². The van der Waals surface area contributed by atoms with Crippen molar-refractivity contribution >= 4 is 28.8 Å². The van der Waals surface area contributed by atoms with Crippen molar-refractivity contribution in [2.45, 2.75) is 52.0 Å². The highest BCUT2D eigenvalue weighted by atomic mass is 32.2. The number of aliphatic imine (C=N–C) groups is 1. The summed E-state index contributed by atoms with van der Waals surface area (Å²) >= 11 is 1.51. The van der Waals surface area contributed by atoms with Gasteiger partial charge in [0.1, 0.15) is 0 Å². The van der Waals surface area contributed by atoms with Gasteiger partial charge >= 0.3 is 5.97 Å². The van der Waals surface area contributed by atoms with Crippen molar-refractivity contribution in [2.24, 2.45) is 4.99 Å².